The van der Waals surface area contributed by atoms with E-state index in [9.17, 15) is 0 Å². The summed E-state index contributed by atoms with van der Waals surface area (Å²) < 4.78 is 6.06. The fourth-order valence-electron chi connectivity index (χ4n) is 2.54. The molecule has 0 N–H and O–H groups in total. The van der Waals surface area contributed by atoms with Gasteiger partial charge in [-0.15, -0.1) is 0 Å². The average molecular weight is 348 g/mol. The predicted octanol–water partition coefficient (Wildman–Crippen LogP) is 5.45. The summed E-state index contributed by atoms with van der Waals surface area (Å²) in [6, 6.07) is 17.1. The molecule has 0 aliphatic carbocycles. The molecule has 4 aromatic rings. The van der Waals surface area contributed by atoms with Crippen LogP contribution in [0.3, 0.4) is 0 Å². The van der Waals surface area contributed by atoms with E-state index in [1.54, 1.807) is 12.4 Å². The van der Waals surface area contributed by atoms with Crippen molar-refractivity contribution < 1.29 is 4.74 Å². The second kappa shape index (κ2) is 6.49. The van der Waals surface area contributed by atoms with Crippen LogP contribution in [-0.2, 0) is 0 Å². The normalized spacial score (nSPS) is 10.8. The van der Waals surface area contributed by atoms with E-state index in [1.165, 1.54) is 0 Å². The minimum Gasteiger partial charge on any atom is -0.437 e. The molecule has 0 unspecified atom stereocenters. The van der Waals surface area contributed by atoms with Gasteiger partial charge in [0.2, 0.25) is 5.88 Å². The van der Waals surface area contributed by atoms with Gasteiger partial charge in [0.25, 0.3) is 0 Å². The zero-order valence-electron chi connectivity index (χ0n) is 13.5. The van der Waals surface area contributed by atoms with Crippen LogP contribution in [0.25, 0.3) is 22.3 Å². The Morgan fingerprint density at radius 1 is 0.960 bits per heavy atom. The van der Waals surface area contributed by atoms with Gasteiger partial charge in [-0.25, -0.2) is 4.98 Å². The van der Waals surface area contributed by atoms with Crippen molar-refractivity contribution in [2.24, 2.45) is 0 Å². The van der Waals surface area contributed by atoms with Crippen LogP contribution in [0.2, 0.25) is 5.02 Å². The largest absolute Gasteiger partial charge is 0.437 e. The van der Waals surface area contributed by atoms with Crippen molar-refractivity contribution in [3.05, 3.63) is 77.6 Å². The third-order valence-electron chi connectivity index (χ3n) is 3.78. The lowest BCUT2D eigenvalue weighted by Crippen LogP contribution is -1.96. The molecule has 0 bridgehead atoms. The summed E-state index contributed by atoms with van der Waals surface area (Å²) in [5.74, 6) is 1.60. The lowest BCUT2D eigenvalue weighted by atomic mass is 10.2. The maximum absolute atomic E-state index is 6.28. The quantitative estimate of drug-likeness (QED) is 0.494. The highest BCUT2D eigenvalue weighted by atomic mass is 35.5. The Kier molecular flexibility index (Phi) is 4.04. The summed E-state index contributed by atoms with van der Waals surface area (Å²) in [7, 11) is 0. The molecular weight excluding hydrogens is 334 g/mol. The van der Waals surface area contributed by atoms with Crippen molar-refractivity contribution in [1.29, 1.82) is 0 Å². The number of aryl methyl sites for hydroxylation is 1. The molecule has 122 valence electrons. The van der Waals surface area contributed by atoms with Crippen LogP contribution < -0.4 is 4.74 Å². The molecule has 0 fully saturated rings. The highest BCUT2D eigenvalue weighted by Gasteiger charge is 2.13. The van der Waals surface area contributed by atoms with E-state index in [4.69, 9.17) is 16.3 Å². The number of hydrogen-bond acceptors (Lipinski definition) is 4. The maximum atomic E-state index is 6.28. The lowest BCUT2D eigenvalue weighted by molar-refractivity contribution is 0.469. The Morgan fingerprint density at radius 3 is 2.68 bits per heavy atom. The highest BCUT2D eigenvalue weighted by Crippen LogP contribution is 2.33. The minimum absolute atomic E-state index is 0.469. The minimum atomic E-state index is 0.469. The molecule has 5 heteroatoms. The van der Waals surface area contributed by atoms with Crippen LogP contribution in [0.1, 0.15) is 5.56 Å². The van der Waals surface area contributed by atoms with Gasteiger partial charge in [-0.2, -0.15) is 4.98 Å². The average Bonchev–Trinajstić information content (AvgIpc) is 2.65. The SMILES string of the molecule is Cc1ccc(Cl)c(Oc2nc(-c3cccnc3)nc3ccccc23)c1. The second-order valence-corrected chi connectivity index (χ2v) is 6.05. The van der Waals surface area contributed by atoms with E-state index in [2.05, 4.69) is 15.0 Å². The van der Waals surface area contributed by atoms with Crippen molar-refractivity contribution in [2.45, 2.75) is 6.92 Å². The number of halogens is 1. The molecule has 4 nitrogen and oxygen atoms in total. The zero-order valence-corrected chi connectivity index (χ0v) is 14.2. The molecule has 0 radical (unpaired) electrons. The standard InChI is InChI=1S/C20H14ClN3O/c1-13-8-9-16(21)18(11-13)25-20-15-6-2-3-7-17(15)23-19(24-20)14-5-4-10-22-12-14/h2-12H,1H3. The number of ether oxygens (including phenoxy) is 1. The van der Waals surface area contributed by atoms with Gasteiger partial charge >= 0.3 is 0 Å². The van der Waals surface area contributed by atoms with Crippen molar-refractivity contribution >= 4 is 22.5 Å². The van der Waals surface area contributed by atoms with Crippen molar-refractivity contribution in [1.82, 2.24) is 15.0 Å². The van der Waals surface area contributed by atoms with Gasteiger partial charge in [0.05, 0.1) is 15.9 Å². The van der Waals surface area contributed by atoms with Gasteiger partial charge in [0.1, 0.15) is 5.75 Å². The van der Waals surface area contributed by atoms with Crippen molar-refractivity contribution in [2.75, 3.05) is 0 Å². The van der Waals surface area contributed by atoms with Crippen LogP contribution in [0.4, 0.5) is 0 Å². The molecule has 2 heterocycles. The van der Waals surface area contributed by atoms with Gasteiger partial charge in [-0.05, 0) is 48.9 Å². The van der Waals surface area contributed by atoms with E-state index in [0.717, 1.165) is 22.0 Å². The van der Waals surface area contributed by atoms with Crippen LogP contribution in [0.15, 0.2) is 67.0 Å². The van der Waals surface area contributed by atoms with Crippen LogP contribution >= 0.6 is 11.6 Å². The smallest absolute Gasteiger partial charge is 0.230 e. The summed E-state index contributed by atoms with van der Waals surface area (Å²) in [5.41, 5.74) is 2.69. The topological polar surface area (TPSA) is 47.9 Å². The highest BCUT2D eigenvalue weighted by molar-refractivity contribution is 6.32. The molecule has 4 rings (SSSR count). The summed E-state index contributed by atoms with van der Waals surface area (Å²) in [5, 5.41) is 1.36. The van der Waals surface area contributed by atoms with E-state index in [0.29, 0.717) is 22.5 Å². The maximum Gasteiger partial charge on any atom is 0.230 e. The van der Waals surface area contributed by atoms with Crippen molar-refractivity contribution in [3.8, 4) is 23.0 Å². The van der Waals surface area contributed by atoms with Crippen LogP contribution in [0.5, 0.6) is 11.6 Å². The van der Waals surface area contributed by atoms with Gasteiger partial charge in [0, 0.05) is 18.0 Å². The number of para-hydroxylation sites is 1. The summed E-state index contributed by atoms with van der Waals surface area (Å²) in [4.78, 5) is 13.4. The van der Waals surface area contributed by atoms with E-state index < -0.39 is 0 Å². The molecule has 0 amide bonds. The number of benzene rings is 2. The van der Waals surface area contributed by atoms with Gasteiger partial charge < -0.3 is 4.74 Å². The summed E-state index contributed by atoms with van der Waals surface area (Å²) in [6.07, 6.45) is 3.45. The number of nitrogens with zero attached hydrogens (tertiary/aromatic N) is 3. The number of rotatable bonds is 3. The second-order valence-electron chi connectivity index (χ2n) is 5.65. The monoisotopic (exact) mass is 347 g/mol. The number of aromatic nitrogens is 3. The van der Waals surface area contributed by atoms with Gasteiger partial charge in [-0.1, -0.05) is 29.8 Å². The molecule has 0 saturated carbocycles. The number of pyridine rings is 1. The predicted molar refractivity (Wildman–Crippen MR) is 99.0 cm³/mol. The van der Waals surface area contributed by atoms with Gasteiger partial charge in [0.15, 0.2) is 5.82 Å². The fraction of sp³-hybridized carbons (Fsp3) is 0.0500. The molecular formula is C20H14ClN3O. The van der Waals surface area contributed by atoms with E-state index in [-0.39, 0.29) is 0 Å². The fourth-order valence-corrected chi connectivity index (χ4v) is 2.70. The van der Waals surface area contributed by atoms with Gasteiger partial charge in [-0.3, -0.25) is 4.98 Å². The molecule has 0 aliphatic rings. The first-order valence-corrected chi connectivity index (χ1v) is 8.20. The van der Waals surface area contributed by atoms with Crippen LogP contribution in [0, 0.1) is 6.92 Å². The molecule has 2 aromatic heterocycles. The first kappa shape index (κ1) is 15.5. The van der Waals surface area contributed by atoms with E-state index >= 15 is 0 Å². The third-order valence-corrected chi connectivity index (χ3v) is 4.09. The Bertz CT molecular complexity index is 1050. The first-order chi connectivity index (χ1) is 12.2. The summed E-state index contributed by atoms with van der Waals surface area (Å²) in [6.45, 7) is 1.99. The Hall–Kier alpha value is -2.98. The Morgan fingerprint density at radius 2 is 1.84 bits per heavy atom. The first-order valence-electron chi connectivity index (χ1n) is 7.82. The lowest BCUT2D eigenvalue weighted by Gasteiger charge is -2.11. The Balaban J connectivity index is 1.88. The molecule has 0 atom stereocenters. The van der Waals surface area contributed by atoms with Crippen molar-refractivity contribution in [3.63, 3.8) is 0 Å². The number of hydrogen-bond donors (Lipinski definition) is 0. The molecule has 25 heavy (non-hydrogen) atoms. The molecule has 2 aromatic carbocycles. The summed E-state index contributed by atoms with van der Waals surface area (Å²) >= 11 is 6.28. The molecule has 0 saturated heterocycles. The molecule has 0 aliphatic heterocycles. The molecule has 0 spiro atoms. The zero-order chi connectivity index (χ0) is 17.2. The Labute approximate surface area is 150 Å². The van der Waals surface area contributed by atoms with E-state index in [1.807, 2.05) is 61.5 Å². The number of fused-ring (bicyclic) bond motifs is 1. The van der Waals surface area contributed by atoms with Crippen LogP contribution in [-0.4, -0.2) is 15.0 Å². The third kappa shape index (κ3) is 3.16.